The predicted molar refractivity (Wildman–Crippen MR) is 81.9 cm³/mol. The number of aromatic nitrogens is 2. The van der Waals surface area contributed by atoms with Gasteiger partial charge in [0.05, 0.1) is 11.9 Å². The van der Waals surface area contributed by atoms with Crippen molar-refractivity contribution in [1.82, 2.24) is 20.4 Å². The first-order valence-electron chi connectivity index (χ1n) is 7.68. The maximum atomic E-state index is 13.0. The van der Waals surface area contributed by atoms with Crippen LogP contribution in [0.15, 0.2) is 36.5 Å². The number of piperidine rings is 1. The van der Waals surface area contributed by atoms with E-state index in [4.69, 9.17) is 0 Å². The number of hydrogen-bond donors (Lipinski definition) is 2. The standard InChI is InChI=1S/C16H17F3N4O/c17-16(18,19)14-6-8-21-23(14)13-5-1-3-11(9-13)15(24)22-12-4-2-7-20-10-12/h1,3,5-6,8-9,12,20H,2,4,7,10H2,(H,22,24). The number of rotatable bonds is 3. The molecular weight excluding hydrogens is 321 g/mol. The molecular formula is C16H17F3N4O. The summed E-state index contributed by atoms with van der Waals surface area (Å²) in [5.74, 6) is -0.300. The zero-order chi connectivity index (χ0) is 17.2. The Kier molecular flexibility index (Phi) is 4.57. The van der Waals surface area contributed by atoms with E-state index in [9.17, 15) is 18.0 Å². The van der Waals surface area contributed by atoms with Crippen molar-refractivity contribution in [3.05, 3.63) is 47.8 Å². The van der Waals surface area contributed by atoms with Gasteiger partial charge < -0.3 is 10.6 Å². The molecule has 0 spiro atoms. The Labute approximate surface area is 136 Å². The van der Waals surface area contributed by atoms with E-state index in [1.165, 1.54) is 12.1 Å². The molecule has 1 unspecified atom stereocenters. The molecule has 1 saturated heterocycles. The normalized spacial score (nSPS) is 18.4. The Balaban J connectivity index is 1.82. The third-order valence-electron chi connectivity index (χ3n) is 3.92. The van der Waals surface area contributed by atoms with Crippen molar-refractivity contribution in [1.29, 1.82) is 0 Å². The zero-order valence-corrected chi connectivity index (χ0v) is 12.8. The number of nitrogens with one attached hydrogen (secondary N) is 2. The molecule has 2 aromatic rings. The van der Waals surface area contributed by atoms with Gasteiger partial charge in [-0.1, -0.05) is 6.07 Å². The van der Waals surface area contributed by atoms with Crippen molar-refractivity contribution in [2.24, 2.45) is 0 Å². The Morgan fingerprint density at radius 3 is 2.88 bits per heavy atom. The molecule has 2 N–H and O–H groups in total. The van der Waals surface area contributed by atoms with E-state index in [-0.39, 0.29) is 17.6 Å². The minimum atomic E-state index is -4.51. The highest BCUT2D eigenvalue weighted by atomic mass is 19.4. The molecule has 128 valence electrons. The first-order valence-corrected chi connectivity index (χ1v) is 7.68. The van der Waals surface area contributed by atoms with Crippen LogP contribution in [0.4, 0.5) is 13.2 Å². The first-order chi connectivity index (χ1) is 11.4. The van der Waals surface area contributed by atoms with Gasteiger partial charge >= 0.3 is 6.18 Å². The topological polar surface area (TPSA) is 59.0 Å². The van der Waals surface area contributed by atoms with Crippen LogP contribution >= 0.6 is 0 Å². The second-order valence-electron chi connectivity index (χ2n) is 5.69. The van der Waals surface area contributed by atoms with Crippen LogP contribution in [0.25, 0.3) is 5.69 Å². The van der Waals surface area contributed by atoms with Crippen LogP contribution in [-0.2, 0) is 6.18 Å². The van der Waals surface area contributed by atoms with Crippen molar-refractivity contribution < 1.29 is 18.0 Å². The van der Waals surface area contributed by atoms with Crippen LogP contribution in [0.3, 0.4) is 0 Å². The molecule has 1 amide bonds. The molecule has 3 rings (SSSR count). The van der Waals surface area contributed by atoms with E-state index in [0.717, 1.165) is 36.3 Å². The fourth-order valence-corrected chi connectivity index (χ4v) is 2.75. The van der Waals surface area contributed by atoms with Gasteiger partial charge in [0.2, 0.25) is 0 Å². The van der Waals surface area contributed by atoms with Crippen LogP contribution in [0, 0.1) is 0 Å². The van der Waals surface area contributed by atoms with E-state index in [1.54, 1.807) is 12.1 Å². The number of carbonyl (C=O) groups excluding carboxylic acids is 1. The third kappa shape index (κ3) is 3.59. The van der Waals surface area contributed by atoms with Gasteiger partial charge in [-0.25, -0.2) is 4.68 Å². The average molecular weight is 338 g/mol. The summed E-state index contributed by atoms with van der Waals surface area (Å²) >= 11 is 0. The van der Waals surface area contributed by atoms with Gasteiger partial charge in [0.15, 0.2) is 0 Å². The molecule has 1 aliphatic heterocycles. The highest BCUT2D eigenvalue weighted by Crippen LogP contribution is 2.30. The fourth-order valence-electron chi connectivity index (χ4n) is 2.75. The average Bonchev–Trinajstić information content (AvgIpc) is 3.06. The number of carbonyl (C=O) groups is 1. The lowest BCUT2D eigenvalue weighted by Crippen LogP contribution is -2.45. The quantitative estimate of drug-likeness (QED) is 0.903. The number of alkyl halides is 3. The smallest absolute Gasteiger partial charge is 0.348 e. The summed E-state index contributed by atoms with van der Waals surface area (Å²) in [6.07, 6.45) is -1.56. The Morgan fingerprint density at radius 1 is 1.33 bits per heavy atom. The molecule has 1 aliphatic rings. The van der Waals surface area contributed by atoms with Gasteiger partial charge in [-0.2, -0.15) is 18.3 Å². The van der Waals surface area contributed by atoms with Gasteiger partial charge in [-0.05, 0) is 43.7 Å². The van der Waals surface area contributed by atoms with E-state index in [0.29, 0.717) is 12.1 Å². The molecule has 0 bridgehead atoms. The molecule has 1 aromatic heterocycles. The second kappa shape index (κ2) is 6.64. The van der Waals surface area contributed by atoms with Gasteiger partial charge in [0.1, 0.15) is 5.69 Å². The lowest BCUT2D eigenvalue weighted by Gasteiger charge is -2.23. The molecule has 2 heterocycles. The van der Waals surface area contributed by atoms with Crippen LogP contribution < -0.4 is 10.6 Å². The molecule has 0 aliphatic carbocycles. The van der Waals surface area contributed by atoms with Crippen molar-refractivity contribution in [3.8, 4) is 5.69 Å². The van der Waals surface area contributed by atoms with Crippen LogP contribution in [0.1, 0.15) is 28.9 Å². The van der Waals surface area contributed by atoms with Crippen LogP contribution in [-0.4, -0.2) is 34.8 Å². The summed E-state index contributed by atoms with van der Waals surface area (Å²) in [6.45, 7) is 1.63. The van der Waals surface area contributed by atoms with Crippen molar-refractivity contribution in [2.45, 2.75) is 25.1 Å². The number of amides is 1. The van der Waals surface area contributed by atoms with Crippen molar-refractivity contribution in [3.63, 3.8) is 0 Å². The Morgan fingerprint density at radius 2 is 2.17 bits per heavy atom. The zero-order valence-electron chi connectivity index (χ0n) is 12.8. The van der Waals surface area contributed by atoms with Crippen LogP contribution in [0.2, 0.25) is 0 Å². The minimum absolute atomic E-state index is 0.0327. The lowest BCUT2D eigenvalue weighted by atomic mass is 10.1. The summed E-state index contributed by atoms with van der Waals surface area (Å²) in [4.78, 5) is 12.3. The number of hydrogen-bond acceptors (Lipinski definition) is 3. The number of benzene rings is 1. The van der Waals surface area contributed by atoms with Gasteiger partial charge in [0, 0.05) is 18.2 Å². The van der Waals surface area contributed by atoms with Crippen LogP contribution in [0.5, 0.6) is 0 Å². The van der Waals surface area contributed by atoms with Crippen molar-refractivity contribution >= 4 is 5.91 Å². The Bertz CT molecular complexity index is 720. The summed E-state index contributed by atoms with van der Waals surface area (Å²) in [5.41, 5.74) is -0.375. The van der Waals surface area contributed by atoms with E-state index in [2.05, 4.69) is 15.7 Å². The highest BCUT2D eigenvalue weighted by molar-refractivity contribution is 5.94. The largest absolute Gasteiger partial charge is 0.433 e. The molecule has 0 saturated carbocycles. The Hall–Kier alpha value is -2.35. The molecule has 0 radical (unpaired) electrons. The first kappa shape index (κ1) is 16.5. The molecule has 5 nitrogen and oxygen atoms in total. The molecule has 8 heteroatoms. The minimum Gasteiger partial charge on any atom is -0.348 e. The predicted octanol–water partition coefficient (Wildman–Crippen LogP) is 2.37. The summed E-state index contributed by atoms with van der Waals surface area (Å²) in [6, 6.07) is 6.96. The highest BCUT2D eigenvalue weighted by Gasteiger charge is 2.35. The number of halogens is 3. The van der Waals surface area contributed by atoms with E-state index >= 15 is 0 Å². The fraction of sp³-hybridized carbons (Fsp3) is 0.375. The van der Waals surface area contributed by atoms with Gasteiger partial charge in [0.25, 0.3) is 5.91 Å². The monoisotopic (exact) mass is 338 g/mol. The van der Waals surface area contributed by atoms with Crippen molar-refractivity contribution in [2.75, 3.05) is 13.1 Å². The SMILES string of the molecule is O=C(NC1CCCNC1)c1cccc(-n2nccc2C(F)(F)F)c1. The summed E-state index contributed by atoms with van der Waals surface area (Å²) in [7, 11) is 0. The lowest BCUT2D eigenvalue weighted by molar-refractivity contribution is -0.142. The summed E-state index contributed by atoms with van der Waals surface area (Å²) in [5, 5.41) is 9.82. The maximum Gasteiger partial charge on any atom is 0.433 e. The summed E-state index contributed by atoms with van der Waals surface area (Å²) < 4.78 is 39.8. The maximum absolute atomic E-state index is 13.0. The second-order valence-corrected chi connectivity index (χ2v) is 5.69. The third-order valence-corrected chi connectivity index (χ3v) is 3.92. The molecule has 24 heavy (non-hydrogen) atoms. The molecule has 1 fully saturated rings. The van der Waals surface area contributed by atoms with Gasteiger partial charge in [-0.3, -0.25) is 4.79 Å². The molecule has 1 aromatic carbocycles. The number of nitrogens with zero attached hydrogens (tertiary/aromatic N) is 2. The van der Waals surface area contributed by atoms with Gasteiger partial charge in [-0.15, -0.1) is 0 Å². The molecule has 1 atom stereocenters. The van der Waals surface area contributed by atoms with E-state index < -0.39 is 11.9 Å². The van der Waals surface area contributed by atoms with E-state index in [1.807, 2.05) is 0 Å².